The van der Waals surface area contributed by atoms with Crippen molar-refractivity contribution in [2.24, 2.45) is 5.41 Å². The van der Waals surface area contributed by atoms with Gasteiger partial charge < -0.3 is 25.7 Å². The number of halogens is 2. The first-order chi connectivity index (χ1) is 21.3. The molecule has 1 atom stereocenters. The van der Waals surface area contributed by atoms with Crippen LogP contribution in [-0.4, -0.2) is 88.0 Å². The summed E-state index contributed by atoms with van der Waals surface area (Å²) in [7, 11) is 0. The number of hydrogen-bond acceptors (Lipinski definition) is 8. The first kappa shape index (κ1) is 34.4. The van der Waals surface area contributed by atoms with Crippen LogP contribution in [0, 0.1) is 5.41 Å². The van der Waals surface area contributed by atoms with Crippen LogP contribution in [-0.2, 0) is 25.6 Å². The summed E-state index contributed by atoms with van der Waals surface area (Å²) in [4.78, 5) is 58.8. The van der Waals surface area contributed by atoms with Crippen molar-refractivity contribution in [3.05, 3.63) is 72.9 Å². The SMILES string of the molecule is CC(=O)NCC(C)(C)CN1CCN(C(=O)CC2=C(C(=O)O)C(c3c(Cl)cccc3Cl)C(C(=O)O)=C(CCc3nccs3)N2)CC1. The molecular weight excluding hydrogens is 641 g/mol. The van der Waals surface area contributed by atoms with Gasteiger partial charge in [0.1, 0.15) is 0 Å². The van der Waals surface area contributed by atoms with Gasteiger partial charge in [0.15, 0.2) is 0 Å². The van der Waals surface area contributed by atoms with Crippen LogP contribution in [0.4, 0.5) is 0 Å². The number of thiazole rings is 1. The molecule has 11 nitrogen and oxygen atoms in total. The number of dihydropyridines is 1. The van der Waals surface area contributed by atoms with Crippen LogP contribution in [0.15, 0.2) is 52.3 Å². The molecule has 242 valence electrons. The van der Waals surface area contributed by atoms with Crippen LogP contribution in [0.5, 0.6) is 0 Å². The smallest absolute Gasteiger partial charge is 0.334 e. The van der Waals surface area contributed by atoms with Crippen molar-refractivity contribution in [3.63, 3.8) is 0 Å². The molecule has 0 aliphatic carbocycles. The van der Waals surface area contributed by atoms with Gasteiger partial charge in [0, 0.05) is 91.2 Å². The van der Waals surface area contributed by atoms with E-state index in [1.54, 1.807) is 17.2 Å². The first-order valence-electron chi connectivity index (χ1n) is 14.5. The quantitative estimate of drug-likeness (QED) is 0.260. The number of aromatic nitrogens is 1. The Morgan fingerprint density at radius 3 is 2.20 bits per heavy atom. The van der Waals surface area contributed by atoms with Crippen LogP contribution >= 0.6 is 34.5 Å². The molecule has 2 aromatic rings. The normalized spacial score (nSPS) is 17.7. The highest BCUT2D eigenvalue weighted by atomic mass is 35.5. The highest BCUT2D eigenvalue weighted by Crippen LogP contribution is 2.45. The van der Waals surface area contributed by atoms with Crippen molar-refractivity contribution >= 4 is 58.3 Å². The molecule has 0 saturated carbocycles. The topological polar surface area (TPSA) is 152 Å². The van der Waals surface area contributed by atoms with Crippen molar-refractivity contribution in [1.82, 2.24) is 25.4 Å². The number of nitrogens with zero attached hydrogens (tertiary/aromatic N) is 3. The number of benzene rings is 1. The Bertz CT molecular complexity index is 1500. The fourth-order valence-corrected chi connectivity index (χ4v) is 7.01. The Morgan fingerprint density at radius 2 is 1.64 bits per heavy atom. The van der Waals surface area contributed by atoms with Gasteiger partial charge in [0.05, 0.1) is 28.5 Å². The third kappa shape index (κ3) is 8.63. The van der Waals surface area contributed by atoms with E-state index in [1.165, 1.54) is 30.4 Å². The number of allylic oxidation sites excluding steroid dienone is 1. The highest BCUT2D eigenvalue weighted by molar-refractivity contribution is 7.09. The summed E-state index contributed by atoms with van der Waals surface area (Å²) in [5, 5.41) is 29.6. The van der Waals surface area contributed by atoms with Crippen LogP contribution in [0.25, 0.3) is 0 Å². The minimum absolute atomic E-state index is 0.0828. The first-order valence-corrected chi connectivity index (χ1v) is 16.2. The van der Waals surface area contributed by atoms with Gasteiger partial charge in [-0.15, -0.1) is 11.3 Å². The monoisotopic (exact) mass is 677 g/mol. The van der Waals surface area contributed by atoms with E-state index in [1.807, 2.05) is 5.38 Å². The van der Waals surface area contributed by atoms with Crippen LogP contribution in [0.3, 0.4) is 0 Å². The maximum absolute atomic E-state index is 13.6. The number of amides is 2. The molecule has 1 saturated heterocycles. The number of piperazine rings is 1. The molecule has 1 unspecified atom stereocenters. The molecule has 45 heavy (non-hydrogen) atoms. The molecular formula is C31H37Cl2N5O6S. The summed E-state index contributed by atoms with van der Waals surface area (Å²) < 4.78 is 0. The second kappa shape index (κ2) is 14.8. The largest absolute Gasteiger partial charge is 0.478 e. The summed E-state index contributed by atoms with van der Waals surface area (Å²) in [6, 6.07) is 4.65. The Kier molecular flexibility index (Phi) is 11.3. The molecule has 4 N–H and O–H groups in total. The maximum atomic E-state index is 13.6. The average molecular weight is 679 g/mol. The molecule has 14 heteroatoms. The number of carboxylic acid groups (broad SMARTS) is 2. The number of carbonyl (C=O) groups excluding carboxylic acids is 2. The molecule has 1 fully saturated rings. The van der Waals surface area contributed by atoms with Crippen molar-refractivity contribution in [3.8, 4) is 0 Å². The molecule has 0 bridgehead atoms. The maximum Gasteiger partial charge on any atom is 0.334 e. The predicted octanol–water partition coefficient (Wildman–Crippen LogP) is 4.14. The highest BCUT2D eigenvalue weighted by Gasteiger charge is 2.41. The van der Waals surface area contributed by atoms with Gasteiger partial charge in [-0.1, -0.05) is 43.1 Å². The third-order valence-electron chi connectivity index (χ3n) is 7.87. The van der Waals surface area contributed by atoms with Crippen molar-refractivity contribution in [2.45, 2.75) is 46.0 Å². The number of hydrogen-bond donors (Lipinski definition) is 4. The molecule has 1 aromatic carbocycles. The number of carboxylic acids is 2. The second-order valence-electron chi connectivity index (χ2n) is 11.9. The molecule has 3 heterocycles. The van der Waals surface area contributed by atoms with Crippen molar-refractivity contribution in [1.29, 1.82) is 0 Å². The summed E-state index contributed by atoms with van der Waals surface area (Å²) in [5.41, 5.74) is -0.102. The molecule has 1 aromatic heterocycles. The minimum Gasteiger partial charge on any atom is -0.478 e. The number of carbonyl (C=O) groups is 4. The van der Waals surface area contributed by atoms with Gasteiger partial charge in [-0.25, -0.2) is 14.6 Å². The number of rotatable bonds is 12. The molecule has 2 amide bonds. The second-order valence-corrected chi connectivity index (χ2v) is 13.7. The Labute approximate surface area is 275 Å². The van der Waals surface area contributed by atoms with Gasteiger partial charge >= 0.3 is 11.9 Å². The third-order valence-corrected chi connectivity index (χ3v) is 9.37. The van der Waals surface area contributed by atoms with E-state index in [-0.39, 0.29) is 68.2 Å². The lowest BCUT2D eigenvalue weighted by atomic mass is 9.79. The van der Waals surface area contributed by atoms with E-state index in [0.29, 0.717) is 39.1 Å². The van der Waals surface area contributed by atoms with E-state index in [4.69, 9.17) is 23.2 Å². The van der Waals surface area contributed by atoms with Gasteiger partial charge in [-0.3, -0.25) is 14.5 Å². The lowest BCUT2D eigenvalue weighted by Gasteiger charge is -2.39. The lowest BCUT2D eigenvalue weighted by molar-refractivity contribution is -0.133. The summed E-state index contributed by atoms with van der Waals surface area (Å²) in [6.07, 6.45) is 2.00. The Morgan fingerprint density at radius 1 is 1.02 bits per heavy atom. The molecule has 0 spiro atoms. The Balaban J connectivity index is 1.61. The lowest BCUT2D eigenvalue weighted by Crippen LogP contribution is -2.52. The van der Waals surface area contributed by atoms with Crippen molar-refractivity contribution in [2.75, 3.05) is 39.3 Å². The van der Waals surface area contributed by atoms with Crippen LogP contribution in [0.1, 0.15) is 50.1 Å². The Hall–Kier alpha value is -3.45. The van der Waals surface area contributed by atoms with Crippen LogP contribution in [0.2, 0.25) is 10.0 Å². The van der Waals surface area contributed by atoms with E-state index < -0.39 is 17.9 Å². The van der Waals surface area contributed by atoms with Gasteiger partial charge in [0.25, 0.3) is 0 Å². The molecule has 4 rings (SSSR count). The van der Waals surface area contributed by atoms with Crippen molar-refractivity contribution < 1.29 is 29.4 Å². The molecule has 2 aliphatic rings. The number of aryl methyl sites for hydroxylation is 1. The predicted molar refractivity (Wildman–Crippen MR) is 172 cm³/mol. The van der Waals surface area contributed by atoms with E-state index >= 15 is 0 Å². The summed E-state index contributed by atoms with van der Waals surface area (Å²) in [6.45, 7) is 9.02. The standard InChI is InChI=1S/C31H37Cl2N5O6S/c1-18(39)35-16-31(2,3)17-37-10-12-38(13-11-37)24(40)15-22-27(30(43)44)28(25-19(32)5-4-6-20(25)33)26(29(41)42)21(36-22)7-8-23-34-9-14-45-23/h4-6,9,14,28,36H,7-8,10-13,15-17H2,1-3H3,(H,35,39)(H,41,42)(H,43,44). The van der Waals surface area contributed by atoms with E-state index in [9.17, 15) is 29.4 Å². The minimum atomic E-state index is -1.38. The fourth-order valence-electron chi connectivity index (χ4n) is 5.78. The van der Waals surface area contributed by atoms with E-state index in [2.05, 4.69) is 34.4 Å². The van der Waals surface area contributed by atoms with Gasteiger partial charge in [-0.2, -0.15) is 0 Å². The zero-order chi connectivity index (χ0) is 32.9. The van der Waals surface area contributed by atoms with Gasteiger partial charge in [-0.05, 0) is 24.0 Å². The fraction of sp³-hybridized carbons (Fsp3) is 0.452. The number of nitrogens with one attached hydrogen (secondary N) is 2. The summed E-state index contributed by atoms with van der Waals surface area (Å²) in [5.74, 6) is -4.38. The van der Waals surface area contributed by atoms with E-state index in [0.717, 1.165) is 11.6 Å². The summed E-state index contributed by atoms with van der Waals surface area (Å²) >= 11 is 14.5. The average Bonchev–Trinajstić information content (AvgIpc) is 3.48. The zero-order valence-corrected chi connectivity index (χ0v) is 27.7. The molecule has 0 radical (unpaired) electrons. The van der Waals surface area contributed by atoms with Gasteiger partial charge in [0.2, 0.25) is 11.8 Å². The van der Waals surface area contributed by atoms with Crippen LogP contribution < -0.4 is 10.6 Å². The zero-order valence-electron chi connectivity index (χ0n) is 25.4. The molecule has 2 aliphatic heterocycles. The number of aliphatic carboxylic acids is 2.